The Morgan fingerprint density at radius 1 is 1.33 bits per heavy atom. The predicted molar refractivity (Wildman–Crippen MR) is 66.4 cm³/mol. The van der Waals surface area contributed by atoms with Gasteiger partial charge in [-0.25, -0.2) is 0 Å². The van der Waals surface area contributed by atoms with Crippen LogP contribution in [-0.4, -0.2) is 37.3 Å². The van der Waals surface area contributed by atoms with Gasteiger partial charge in [0.1, 0.15) is 0 Å². The van der Waals surface area contributed by atoms with Crippen molar-refractivity contribution >= 4 is 11.8 Å². The highest BCUT2D eigenvalue weighted by Crippen LogP contribution is 2.23. The van der Waals surface area contributed by atoms with Gasteiger partial charge < -0.3 is 10.1 Å². The van der Waals surface area contributed by atoms with E-state index in [1.165, 1.54) is 37.3 Å². The van der Waals surface area contributed by atoms with Gasteiger partial charge >= 0.3 is 0 Å². The quantitative estimate of drug-likeness (QED) is 0.798. The standard InChI is InChI=1S/C12H23NOS/c1-10(12-2-5-14-6-3-12)13-8-11-4-7-15-9-11/h10-13H,2-9H2,1H3. The minimum absolute atomic E-state index is 0.680. The molecule has 0 spiro atoms. The Kier molecular flexibility index (Phi) is 4.79. The molecule has 0 saturated carbocycles. The van der Waals surface area contributed by atoms with E-state index in [0.29, 0.717) is 6.04 Å². The van der Waals surface area contributed by atoms with Gasteiger partial charge in [-0.15, -0.1) is 0 Å². The second-order valence-electron chi connectivity index (χ2n) is 4.88. The molecule has 2 nitrogen and oxygen atoms in total. The molecule has 2 atom stereocenters. The second kappa shape index (κ2) is 6.12. The summed E-state index contributed by atoms with van der Waals surface area (Å²) in [5.41, 5.74) is 0. The van der Waals surface area contributed by atoms with Crippen LogP contribution in [0, 0.1) is 11.8 Å². The van der Waals surface area contributed by atoms with Gasteiger partial charge in [0.15, 0.2) is 0 Å². The van der Waals surface area contributed by atoms with Crippen LogP contribution in [0.15, 0.2) is 0 Å². The molecule has 2 unspecified atom stereocenters. The monoisotopic (exact) mass is 229 g/mol. The largest absolute Gasteiger partial charge is 0.381 e. The third kappa shape index (κ3) is 3.65. The summed E-state index contributed by atoms with van der Waals surface area (Å²) in [6.45, 7) is 5.51. The third-order valence-corrected chi connectivity index (χ3v) is 4.96. The Morgan fingerprint density at radius 3 is 2.80 bits per heavy atom. The van der Waals surface area contributed by atoms with Gasteiger partial charge in [0, 0.05) is 19.3 Å². The van der Waals surface area contributed by atoms with Crippen molar-refractivity contribution in [1.29, 1.82) is 0 Å². The van der Waals surface area contributed by atoms with E-state index in [9.17, 15) is 0 Å². The summed E-state index contributed by atoms with van der Waals surface area (Å²) in [7, 11) is 0. The molecule has 0 aromatic rings. The normalized spacial score (nSPS) is 30.6. The lowest BCUT2D eigenvalue weighted by atomic mass is 9.92. The fraction of sp³-hybridized carbons (Fsp3) is 1.00. The molecular weight excluding hydrogens is 206 g/mol. The van der Waals surface area contributed by atoms with E-state index in [4.69, 9.17) is 4.74 Å². The molecule has 88 valence electrons. The molecule has 2 aliphatic heterocycles. The second-order valence-corrected chi connectivity index (χ2v) is 6.03. The predicted octanol–water partition coefficient (Wildman–Crippen LogP) is 2.14. The lowest BCUT2D eigenvalue weighted by Crippen LogP contribution is -2.39. The van der Waals surface area contributed by atoms with Crippen molar-refractivity contribution in [2.75, 3.05) is 31.3 Å². The summed E-state index contributed by atoms with van der Waals surface area (Å²) in [6.07, 6.45) is 3.90. The van der Waals surface area contributed by atoms with Crippen LogP contribution in [0.1, 0.15) is 26.2 Å². The van der Waals surface area contributed by atoms with Gasteiger partial charge in [-0.2, -0.15) is 11.8 Å². The summed E-state index contributed by atoms with van der Waals surface area (Å²) < 4.78 is 5.40. The molecule has 2 saturated heterocycles. The van der Waals surface area contributed by atoms with Crippen LogP contribution in [-0.2, 0) is 4.74 Å². The number of hydrogen-bond acceptors (Lipinski definition) is 3. The Morgan fingerprint density at radius 2 is 2.13 bits per heavy atom. The first-order valence-corrected chi connectivity index (χ1v) is 7.40. The summed E-state index contributed by atoms with van der Waals surface area (Å²) in [5.74, 6) is 4.51. The molecule has 0 aromatic carbocycles. The fourth-order valence-electron chi connectivity index (χ4n) is 2.48. The molecule has 2 fully saturated rings. The van der Waals surface area contributed by atoms with Crippen LogP contribution < -0.4 is 5.32 Å². The number of hydrogen-bond donors (Lipinski definition) is 1. The van der Waals surface area contributed by atoms with Gasteiger partial charge in [-0.1, -0.05) is 0 Å². The average molecular weight is 229 g/mol. The van der Waals surface area contributed by atoms with E-state index in [2.05, 4.69) is 24.0 Å². The smallest absolute Gasteiger partial charge is 0.0469 e. The first kappa shape index (κ1) is 11.7. The van der Waals surface area contributed by atoms with Crippen LogP contribution in [0.3, 0.4) is 0 Å². The van der Waals surface area contributed by atoms with Crippen molar-refractivity contribution in [2.24, 2.45) is 11.8 Å². The zero-order valence-corrected chi connectivity index (χ0v) is 10.5. The molecule has 0 radical (unpaired) electrons. The molecule has 0 amide bonds. The maximum absolute atomic E-state index is 5.40. The van der Waals surface area contributed by atoms with Crippen molar-refractivity contribution < 1.29 is 4.74 Å². The van der Waals surface area contributed by atoms with E-state index in [0.717, 1.165) is 25.0 Å². The Bertz CT molecular complexity index is 176. The highest BCUT2D eigenvalue weighted by molar-refractivity contribution is 7.99. The van der Waals surface area contributed by atoms with E-state index in [1.807, 2.05) is 0 Å². The van der Waals surface area contributed by atoms with Crippen LogP contribution in [0.25, 0.3) is 0 Å². The average Bonchev–Trinajstić information content (AvgIpc) is 2.80. The van der Waals surface area contributed by atoms with Gasteiger partial charge in [0.2, 0.25) is 0 Å². The molecule has 3 heteroatoms. The molecule has 0 bridgehead atoms. The van der Waals surface area contributed by atoms with Crippen molar-refractivity contribution in [3.05, 3.63) is 0 Å². The zero-order chi connectivity index (χ0) is 10.5. The minimum Gasteiger partial charge on any atom is -0.381 e. The number of nitrogens with one attached hydrogen (secondary N) is 1. The molecular formula is C12H23NOS. The summed E-state index contributed by atoms with van der Waals surface area (Å²) in [5, 5.41) is 3.73. The highest BCUT2D eigenvalue weighted by atomic mass is 32.2. The zero-order valence-electron chi connectivity index (χ0n) is 9.71. The molecule has 1 N–H and O–H groups in total. The Balaban J connectivity index is 1.64. The lowest BCUT2D eigenvalue weighted by molar-refractivity contribution is 0.0556. The molecule has 15 heavy (non-hydrogen) atoms. The van der Waals surface area contributed by atoms with E-state index in [-0.39, 0.29) is 0 Å². The van der Waals surface area contributed by atoms with Crippen molar-refractivity contribution in [3.63, 3.8) is 0 Å². The van der Waals surface area contributed by atoms with Crippen LogP contribution in [0.2, 0.25) is 0 Å². The van der Waals surface area contributed by atoms with Gasteiger partial charge in [-0.05, 0) is 56.1 Å². The van der Waals surface area contributed by atoms with E-state index < -0.39 is 0 Å². The van der Waals surface area contributed by atoms with Gasteiger partial charge in [0.25, 0.3) is 0 Å². The maximum atomic E-state index is 5.40. The minimum atomic E-state index is 0.680. The van der Waals surface area contributed by atoms with Gasteiger partial charge in [0.05, 0.1) is 0 Å². The summed E-state index contributed by atoms with van der Waals surface area (Å²) in [6, 6.07) is 0.680. The molecule has 2 heterocycles. The Labute approximate surface area is 97.5 Å². The maximum Gasteiger partial charge on any atom is 0.0469 e. The summed E-state index contributed by atoms with van der Waals surface area (Å²) >= 11 is 2.11. The van der Waals surface area contributed by atoms with Crippen LogP contribution in [0.4, 0.5) is 0 Å². The first-order chi connectivity index (χ1) is 7.36. The van der Waals surface area contributed by atoms with Gasteiger partial charge in [-0.3, -0.25) is 0 Å². The SMILES string of the molecule is CC(NCC1CCSC1)C1CCOCC1. The van der Waals surface area contributed by atoms with E-state index in [1.54, 1.807) is 0 Å². The molecule has 0 aromatic heterocycles. The molecule has 2 rings (SSSR count). The number of rotatable bonds is 4. The number of ether oxygens (including phenoxy) is 1. The molecule has 0 aliphatic carbocycles. The van der Waals surface area contributed by atoms with Crippen LogP contribution in [0.5, 0.6) is 0 Å². The summed E-state index contributed by atoms with van der Waals surface area (Å²) in [4.78, 5) is 0. The molecule has 2 aliphatic rings. The van der Waals surface area contributed by atoms with Crippen molar-refractivity contribution in [3.8, 4) is 0 Å². The number of thioether (sulfide) groups is 1. The first-order valence-electron chi connectivity index (χ1n) is 6.25. The fourth-order valence-corrected chi connectivity index (χ4v) is 3.76. The van der Waals surface area contributed by atoms with Crippen molar-refractivity contribution in [1.82, 2.24) is 5.32 Å². The van der Waals surface area contributed by atoms with Crippen LogP contribution >= 0.6 is 11.8 Å². The third-order valence-electron chi connectivity index (χ3n) is 3.73. The highest BCUT2D eigenvalue weighted by Gasteiger charge is 2.22. The van der Waals surface area contributed by atoms with E-state index >= 15 is 0 Å². The Hall–Kier alpha value is 0.270. The topological polar surface area (TPSA) is 21.3 Å². The lowest BCUT2D eigenvalue weighted by Gasteiger charge is -2.29. The van der Waals surface area contributed by atoms with Crippen molar-refractivity contribution in [2.45, 2.75) is 32.2 Å².